The lowest BCUT2D eigenvalue weighted by atomic mass is 10.1. The van der Waals surface area contributed by atoms with Crippen molar-refractivity contribution in [2.75, 3.05) is 11.0 Å². The maximum atomic E-state index is 12.6. The third-order valence-electron chi connectivity index (χ3n) is 3.34. The van der Waals surface area contributed by atoms with Crippen LogP contribution in [0.25, 0.3) is 0 Å². The second-order valence-electron chi connectivity index (χ2n) is 5.50. The minimum absolute atomic E-state index is 0.0679. The summed E-state index contributed by atoms with van der Waals surface area (Å²) in [5.41, 5.74) is 0.922. The van der Waals surface area contributed by atoms with Crippen LogP contribution in [-0.2, 0) is 16.6 Å². The highest BCUT2D eigenvalue weighted by Gasteiger charge is 2.20. The monoisotopic (exact) mass is 380 g/mol. The van der Waals surface area contributed by atoms with Crippen LogP contribution in [0.15, 0.2) is 42.1 Å². The Morgan fingerprint density at radius 3 is 2.56 bits per heavy atom. The van der Waals surface area contributed by atoms with Gasteiger partial charge in [0.05, 0.1) is 11.5 Å². The van der Waals surface area contributed by atoms with Crippen molar-refractivity contribution in [1.82, 2.24) is 14.8 Å². The Morgan fingerprint density at radius 1 is 1.36 bits per heavy atom. The van der Waals surface area contributed by atoms with Crippen LogP contribution in [-0.4, -0.2) is 40.5 Å². The normalized spacial score (nSPS) is 12.6. The summed E-state index contributed by atoms with van der Waals surface area (Å²) in [6, 6.07) is 6.34. The van der Waals surface area contributed by atoms with E-state index in [0.29, 0.717) is 23.0 Å². The van der Waals surface area contributed by atoms with Gasteiger partial charge in [0.1, 0.15) is 5.82 Å². The predicted octanol–water partition coefficient (Wildman–Crippen LogP) is 2.51. The van der Waals surface area contributed by atoms with E-state index >= 15 is 0 Å². The maximum absolute atomic E-state index is 12.6. The topological polar surface area (TPSA) is 93.9 Å². The van der Waals surface area contributed by atoms with Gasteiger partial charge in [-0.15, -0.1) is 16.8 Å². The van der Waals surface area contributed by atoms with Crippen molar-refractivity contribution < 1.29 is 13.2 Å². The Bertz CT molecular complexity index is 873. The fourth-order valence-corrected chi connectivity index (χ4v) is 3.70. The van der Waals surface area contributed by atoms with Crippen molar-refractivity contribution in [2.24, 2.45) is 0 Å². The second kappa shape index (κ2) is 7.83. The zero-order valence-corrected chi connectivity index (χ0v) is 15.9. The van der Waals surface area contributed by atoms with Gasteiger partial charge < -0.3 is 4.57 Å². The number of aryl methyl sites for hydroxylation is 1. The zero-order chi connectivity index (χ0) is 18.6. The van der Waals surface area contributed by atoms with Gasteiger partial charge in [-0.05, 0) is 38.1 Å². The van der Waals surface area contributed by atoms with Crippen molar-refractivity contribution in [3.8, 4) is 0 Å². The summed E-state index contributed by atoms with van der Waals surface area (Å²) in [6.45, 7) is 7.94. The molecule has 0 unspecified atom stereocenters. The summed E-state index contributed by atoms with van der Waals surface area (Å²) in [6.07, 6.45) is 2.83. The first-order valence-electron chi connectivity index (χ1n) is 7.50. The third-order valence-corrected chi connectivity index (χ3v) is 5.02. The summed E-state index contributed by atoms with van der Waals surface area (Å²) in [5, 5.41) is 8.44. The van der Waals surface area contributed by atoms with Crippen LogP contribution < -0.4 is 4.72 Å². The summed E-state index contributed by atoms with van der Waals surface area (Å²) in [5.74, 6) is 0.694. The van der Waals surface area contributed by atoms with E-state index in [1.165, 1.54) is 11.8 Å². The van der Waals surface area contributed by atoms with Crippen LogP contribution in [0, 0.1) is 6.92 Å². The standard InChI is InChI=1S/C16H20N4O3S2/c1-5-10-20-12(3)17-18-16(20)24-11(2)15(21)13-6-8-14(9-7-13)19-25(4,22)23/h5-9,11,19H,1,10H2,2-4H3/t11-/m0/s1. The summed E-state index contributed by atoms with van der Waals surface area (Å²) >= 11 is 1.33. The number of hydrogen-bond donors (Lipinski definition) is 1. The molecule has 1 aromatic carbocycles. The first-order valence-corrected chi connectivity index (χ1v) is 10.3. The van der Waals surface area contributed by atoms with Crippen LogP contribution in [0.3, 0.4) is 0 Å². The molecule has 0 fully saturated rings. The molecule has 134 valence electrons. The van der Waals surface area contributed by atoms with Crippen molar-refractivity contribution >= 4 is 33.3 Å². The molecule has 25 heavy (non-hydrogen) atoms. The van der Waals surface area contributed by atoms with Gasteiger partial charge in [-0.25, -0.2) is 8.42 Å². The number of anilines is 1. The lowest BCUT2D eigenvalue weighted by molar-refractivity contribution is 0.0994. The Balaban J connectivity index is 2.11. The average molecular weight is 380 g/mol. The van der Waals surface area contributed by atoms with Crippen LogP contribution in [0.4, 0.5) is 5.69 Å². The molecule has 0 radical (unpaired) electrons. The highest BCUT2D eigenvalue weighted by molar-refractivity contribution is 8.00. The Hall–Kier alpha value is -2.13. The number of ketones is 1. The minimum atomic E-state index is -3.34. The predicted molar refractivity (Wildman–Crippen MR) is 99.5 cm³/mol. The molecule has 1 atom stereocenters. The van der Waals surface area contributed by atoms with Gasteiger partial charge in [-0.3, -0.25) is 9.52 Å². The van der Waals surface area contributed by atoms with Gasteiger partial charge >= 0.3 is 0 Å². The van der Waals surface area contributed by atoms with E-state index in [-0.39, 0.29) is 11.0 Å². The molecule has 1 N–H and O–H groups in total. The molecule has 2 rings (SSSR count). The molecule has 0 saturated carbocycles. The molecule has 2 aromatic rings. The zero-order valence-electron chi connectivity index (χ0n) is 14.3. The van der Waals surface area contributed by atoms with Gasteiger partial charge in [-0.2, -0.15) is 0 Å². The lowest BCUT2D eigenvalue weighted by Crippen LogP contribution is -2.15. The minimum Gasteiger partial charge on any atom is -0.302 e. The highest BCUT2D eigenvalue weighted by Crippen LogP contribution is 2.25. The molecule has 1 aromatic heterocycles. The number of rotatable bonds is 8. The molecule has 7 nitrogen and oxygen atoms in total. The largest absolute Gasteiger partial charge is 0.302 e. The second-order valence-corrected chi connectivity index (χ2v) is 8.56. The van der Waals surface area contributed by atoms with Crippen molar-refractivity contribution in [3.05, 3.63) is 48.3 Å². The number of aromatic nitrogens is 3. The summed E-state index contributed by atoms with van der Waals surface area (Å²) < 4.78 is 26.7. The van der Waals surface area contributed by atoms with Gasteiger partial charge in [-0.1, -0.05) is 17.8 Å². The van der Waals surface area contributed by atoms with Crippen molar-refractivity contribution in [2.45, 2.75) is 30.8 Å². The summed E-state index contributed by atoms with van der Waals surface area (Å²) in [4.78, 5) is 12.6. The molecule has 9 heteroatoms. The molecular weight excluding hydrogens is 360 g/mol. The number of carbonyl (C=O) groups excluding carboxylic acids is 1. The number of sulfonamides is 1. The van der Waals surface area contributed by atoms with E-state index in [1.807, 2.05) is 11.5 Å². The Morgan fingerprint density at radius 2 is 2.00 bits per heavy atom. The number of allylic oxidation sites excluding steroid dienone is 1. The maximum Gasteiger partial charge on any atom is 0.229 e. The first-order chi connectivity index (χ1) is 11.7. The molecule has 0 spiro atoms. The number of nitrogens with one attached hydrogen (secondary N) is 1. The van der Waals surface area contributed by atoms with E-state index in [4.69, 9.17) is 0 Å². The summed E-state index contributed by atoms with van der Waals surface area (Å²) in [7, 11) is -3.34. The number of hydrogen-bond acceptors (Lipinski definition) is 6. The number of thioether (sulfide) groups is 1. The molecule has 1 heterocycles. The van der Waals surface area contributed by atoms with Crippen LogP contribution in [0.2, 0.25) is 0 Å². The van der Waals surface area contributed by atoms with E-state index in [9.17, 15) is 13.2 Å². The third kappa shape index (κ3) is 5.17. The van der Waals surface area contributed by atoms with E-state index < -0.39 is 10.0 Å². The molecule has 0 aliphatic carbocycles. The molecule has 0 amide bonds. The number of carbonyl (C=O) groups is 1. The fourth-order valence-electron chi connectivity index (χ4n) is 2.15. The van der Waals surface area contributed by atoms with Crippen LogP contribution >= 0.6 is 11.8 Å². The number of benzene rings is 1. The Kier molecular flexibility index (Phi) is 6.02. The number of nitrogens with zero attached hydrogens (tertiary/aromatic N) is 3. The van der Waals surface area contributed by atoms with Crippen LogP contribution in [0.1, 0.15) is 23.1 Å². The lowest BCUT2D eigenvalue weighted by Gasteiger charge is -2.11. The van der Waals surface area contributed by atoms with Gasteiger partial charge in [0.15, 0.2) is 10.9 Å². The smallest absolute Gasteiger partial charge is 0.229 e. The van der Waals surface area contributed by atoms with Crippen molar-refractivity contribution in [3.63, 3.8) is 0 Å². The Labute approximate surface area is 151 Å². The van der Waals surface area contributed by atoms with E-state index in [2.05, 4.69) is 21.5 Å². The molecule has 0 aliphatic heterocycles. The highest BCUT2D eigenvalue weighted by atomic mass is 32.2. The number of Topliss-reactive ketones (excluding diaryl/α,β-unsaturated/α-hetero) is 1. The van der Waals surface area contributed by atoms with E-state index in [1.54, 1.807) is 37.3 Å². The molecule has 0 bridgehead atoms. The van der Waals surface area contributed by atoms with Gasteiger partial charge in [0.2, 0.25) is 10.0 Å². The van der Waals surface area contributed by atoms with Crippen LogP contribution in [0.5, 0.6) is 0 Å². The van der Waals surface area contributed by atoms with Gasteiger partial charge in [0.25, 0.3) is 0 Å². The van der Waals surface area contributed by atoms with Crippen molar-refractivity contribution in [1.29, 1.82) is 0 Å². The quantitative estimate of drug-likeness (QED) is 0.430. The SMILES string of the molecule is C=CCn1c(C)nnc1S[C@@H](C)C(=O)c1ccc(NS(C)(=O)=O)cc1. The first kappa shape index (κ1) is 19.2. The molecule has 0 aliphatic rings. The molecule has 0 saturated heterocycles. The average Bonchev–Trinajstić information content (AvgIpc) is 2.87. The fraction of sp³-hybridized carbons (Fsp3) is 0.312. The molecular formula is C16H20N4O3S2. The van der Waals surface area contributed by atoms with E-state index in [0.717, 1.165) is 12.1 Å². The van der Waals surface area contributed by atoms with Gasteiger partial charge in [0, 0.05) is 17.8 Å².